The Morgan fingerprint density at radius 1 is 0.622 bits per heavy atom. The van der Waals surface area contributed by atoms with Crippen LogP contribution in [0.1, 0.15) is 52.4 Å². The predicted molar refractivity (Wildman–Crippen MR) is 111 cm³/mol. The van der Waals surface area contributed by atoms with Gasteiger partial charge in [-0.05, 0) is 13.8 Å². The van der Waals surface area contributed by atoms with Crippen molar-refractivity contribution in [2.24, 2.45) is 0 Å². The molecule has 2 unspecified atom stereocenters. The normalized spacial score (nSPS) is 17.0. The van der Waals surface area contributed by atoms with Gasteiger partial charge in [-0.25, -0.2) is 19.2 Å². The number of hydrogen-bond donors (Lipinski definition) is 0. The molecule has 2 heterocycles. The van der Waals surface area contributed by atoms with Crippen molar-refractivity contribution in [1.29, 1.82) is 0 Å². The number of hydrogen-bond acceptors (Lipinski definition) is 14. The van der Waals surface area contributed by atoms with E-state index >= 15 is 0 Å². The fraction of sp³-hybridized carbons (Fsp3) is 0.619. The minimum Gasteiger partial charge on any atom is -0.460 e. The Bertz CT molecular complexity index is 842. The van der Waals surface area contributed by atoms with Crippen LogP contribution in [0.15, 0.2) is 0 Å². The Kier molecular flexibility index (Phi) is 11.1. The standard InChI is InChI=1S/C21H26N2O14/c1-12(7-18(28)36-22-14(24)3-4-15(22)25)34-20(30)9-32-11-33-10-21(31)35-13(2)8-19(29)37-23-16(26)5-6-17(23)27/h12-13H,3-11H2,1-2H3. The first-order chi connectivity index (χ1) is 17.5. The molecule has 2 rings (SSSR count). The predicted octanol–water partition coefficient (Wildman–Crippen LogP) is -1.16. The molecule has 37 heavy (non-hydrogen) atoms. The van der Waals surface area contributed by atoms with E-state index in [1.54, 1.807) is 0 Å². The van der Waals surface area contributed by atoms with Gasteiger partial charge in [0.25, 0.3) is 23.6 Å². The van der Waals surface area contributed by atoms with Gasteiger partial charge in [-0.2, -0.15) is 0 Å². The minimum absolute atomic E-state index is 0.0490. The number of carbonyl (C=O) groups excluding carboxylic acids is 8. The van der Waals surface area contributed by atoms with Crippen molar-refractivity contribution in [2.45, 2.75) is 64.6 Å². The topological polar surface area (TPSA) is 198 Å². The summed E-state index contributed by atoms with van der Waals surface area (Å²) in [5.41, 5.74) is 0. The number of hydroxylamine groups is 4. The van der Waals surface area contributed by atoms with Crippen LogP contribution in [0.3, 0.4) is 0 Å². The molecule has 204 valence electrons. The molecule has 2 aliphatic rings. The highest BCUT2D eigenvalue weighted by atomic mass is 16.7. The van der Waals surface area contributed by atoms with Gasteiger partial charge in [0.05, 0.1) is 12.8 Å². The van der Waals surface area contributed by atoms with Crippen molar-refractivity contribution >= 4 is 47.5 Å². The van der Waals surface area contributed by atoms with Crippen LogP contribution in [0.4, 0.5) is 0 Å². The molecule has 0 N–H and O–H groups in total. The third-order valence-electron chi connectivity index (χ3n) is 4.58. The zero-order valence-electron chi connectivity index (χ0n) is 20.1. The Balaban J connectivity index is 1.53. The van der Waals surface area contributed by atoms with Crippen molar-refractivity contribution in [3.63, 3.8) is 0 Å². The highest BCUT2D eigenvalue weighted by molar-refractivity contribution is 6.02. The number of rotatable bonds is 14. The first-order valence-corrected chi connectivity index (χ1v) is 11.1. The van der Waals surface area contributed by atoms with Crippen LogP contribution in [0.5, 0.6) is 0 Å². The van der Waals surface area contributed by atoms with Gasteiger partial charge >= 0.3 is 23.9 Å². The summed E-state index contributed by atoms with van der Waals surface area (Å²) < 4.78 is 19.6. The molecular formula is C21H26N2O14. The van der Waals surface area contributed by atoms with E-state index in [2.05, 4.69) is 9.68 Å². The van der Waals surface area contributed by atoms with Gasteiger partial charge in [-0.3, -0.25) is 19.2 Å². The quantitative estimate of drug-likeness (QED) is 0.113. The van der Waals surface area contributed by atoms with Gasteiger partial charge in [0, 0.05) is 25.7 Å². The fourth-order valence-corrected chi connectivity index (χ4v) is 2.97. The van der Waals surface area contributed by atoms with Gasteiger partial charge in [0.1, 0.15) is 32.2 Å². The van der Waals surface area contributed by atoms with E-state index in [1.165, 1.54) is 13.8 Å². The monoisotopic (exact) mass is 530 g/mol. The van der Waals surface area contributed by atoms with E-state index in [0.717, 1.165) is 0 Å². The second kappa shape index (κ2) is 14.0. The molecule has 4 amide bonds. The number of esters is 2. The molecule has 16 nitrogen and oxygen atoms in total. The molecule has 0 aromatic heterocycles. The van der Waals surface area contributed by atoms with Crippen LogP contribution < -0.4 is 0 Å². The number of imide groups is 2. The number of amides is 4. The van der Waals surface area contributed by atoms with E-state index < -0.39 is 92.6 Å². The van der Waals surface area contributed by atoms with Gasteiger partial charge in [-0.1, -0.05) is 0 Å². The molecule has 16 heteroatoms. The van der Waals surface area contributed by atoms with E-state index in [0.29, 0.717) is 10.1 Å². The number of carbonyl (C=O) groups is 8. The van der Waals surface area contributed by atoms with Crippen molar-refractivity contribution in [3.05, 3.63) is 0 Å². The Morgan fingerprint density at radius 3 is 1.27 bits per heavy atom. The molecule has 2 aliphatic heterocycles. The van der Waals surface area contributed by atoms with E-state index in [1.807, 2.05) is 0 Å². The molecular weight excluding hydrogens is 504 g/mol. The SMILES string of the molecule is CC(CC(=O)ON1C(=O)CCC1=O)OC(=O)COCOCC(=O)OC(C)CC(=O)ON1C(=O)CCC1=O. The fourth-order valence-electron chi connectivity index (χ4n) is 2.97. The van der Waals surface area contributed by atoms with Gasteiger partial charge in [0.2, 0.25) is 0 Å². The zero-order chi connectivity index (χ0) is 27.5. The van der Waals surface area contributed by atoms with Gasteiger partial charge in [-0.15, -0.1) is 10.1 Å². The van der Waals surface area contributed by atoms with E-state index in [4.69, 9.17) is 18.9 Å². The molecule has 0 aromatic rings. The first-order valence-electron chi connectivity index (χ1n) is 11.1. The van der Waals surface area contributed by atoms with Crippen molar-refractivity contribution in [3.8, 4) is 0 Å². The van der Waals surface area contributed by atoms with Crippen molar-refractivity contribution < 1.29 is 67.0 Å². The van der Waals surface area contributed by atoms with Gasteiger partial charge < -0.3 is 28.6 Å². The number of ether oxygens (including phenoxy) is 4. The molecule has 0 spiro atoms. The zero-order valence-corrected chi connectivity index (χ0v) is 20.1. The summed E-state index contributed by atoms with van der Waals surface area (Å²) in [6, 6.07) is 0. The summed E-state index contributed by atoms with van der Waals surface area (Å²) in [5.74, 6) is -6.13. The largest absolute Gasteiger partial charge is 0.460 e. The maximum absolute atomic E-state index is 11.8. The van der Waals surface area contributed by atoms with Crippen molar-refractivity contribution in [1.82, 2.24) is 10.1 Å². The minimum atomic E-state index is -0.942. The molecule has 0 saturated carbocycles. The Hall–Kier alpha value is -3.92. The number of nitrogens with zero attached hydrogens (tertiary/aromatic N) is 2. The van der Waals surface area contributed by atoms with E-state index in [9.17, 15) is 38.4 Å². The smallest absolute Gasteiger partial charge is 0.336 e. The van der Waals surface area contributed by atoms with E-state index in [-0.39, 0.29) is 25.7 Å². The molecule has 2 saturated heterocycles. The summed E-state index contributed by atoms with van der Waals surface area (Å²) in [7, 11) is 0. The molecule has 0 aromatic carbocycles. The average Bonchev–Trinajstić information content (AvgIpc) is 3.28. The lowest BCUT2D eigenvalue weighted by atomic mass is 10.3. The van der Waals surface area contributed by atoms with Crippen LogP contribution in [0, 0.1) is 0 Å². The van der Waals surface area contributed by atoms with Crippen LogP contribution in [-0.4, -0.2) is 89.8 Å². The molecule has 2 fully saturated rings. The Morgan fingerprint density at radius 2 is 0.946 bits per heavy atom. The lowest BCUT2D eigenvalue weighted by Gasteiger charge is -2.16. The molecule has 0 bridgehead atoms. The highest BCUT2D eigenvalue weighted by Crippen LogP contribution is 2.14. The van der Waals surface area contributed by atoms with Crippen LogP contribution in [-0.2, 0) is 67.0 Å². The summed E-state index contributed by atoms with van der Waals surface area (Å²) in [5, 5.41) is 0.765. The molecule has 0 radical (unpaired) electrons. The first kappa shape index (κ1) is 29.3. The summed E-state index contributed by atoms with van der Waals surface area (Å²) in [4.78, 5) is 102. The molecule has 0 aliphatic carbocycles. The summed E-state index contributed by atoms with van der Waals surface area (Å²) in [6.07, 6.45) is -2.91. The highest BCUT2D eigenvalue weighted by Gasteiger charge is 2.34. The maximum Gasteiger partial charge on any atom is 0.336 e. The van der Waals surface area contributed by atoms with Gasteiger partial charge in [0.15, 0.2) is 0 Å². The van der Waals surface area contributed by atoms with Crippen molar-refractivity contribution in [2.75, 3.05) is 20.0 Å². The molecule has 2 atom stereocenters. The third kappa shape index (κ3) is 9.92. The van der Waals surface area contributed by atoms with Crippen LogP contribution in [0.2, 0.25) is 0 Å². The summed E-state index contributed by atoms with van der Waals surface area (Å²) in [6.45, 7) is 1.13. The lowest BCUT2D eigenvalue weighted by Crippen LogP contribution is -2.33. The average molecular weight is 530 g/mol. The van der Waals surface area contributed by atoms with Crippen LogP contribution >= 0.6 is 0 Å². The maximum atomic E-state index is 11.8. The lowest BCUT2D eigenvalue weighted by molar-refractivity contribution is -0.199. The second-order valence-corrected chi connectivity index (χ2v) is 7.91. The second-order valence-electron chi connectivity index (χ2n) is 7.91. The summed E-state index contributed by atoms with van der Waals surface area (Å²) >= 11 is 0. The Labute approximate surface area is 209 Å². The third-order valence-corrected chi connectivity index (χ3v) is 4.58. The van der Waals surface area contributed by atoms with Crippen LogP contribution in [0.25, 0.3) is 0 Å².